The van der Waals surface area contributed by atoms with Crippen LogP contribution in [0.25, 0.3) is 32.8 Å². The van der Waals surface area contributed by atoms with Crippen molar-refractivity contribution in [3.8, 4) is 0 Å². The minimum Gasteiger partial charge on any atom is -0.389 e. The van der Waals surface area contributed by atoms with E-state index in [1.807, 2.05) is 48.5 Å². The van der Waals surface area contributed by atoms with Crippen molar-refractivity contribution in [2.75, 3.05) is 0 Å². The van der Waals surface area contributed by atoms with Crippen molar-refractivity contribution in [1.29, 1.82) is 0 Å². The molecule has 0 saturated heterocycles. The van der Waals surface area contributed by atoms with Gasteiger partial charge in [0.15, 0.2) is 0 Å². The Morgan fingerprint density at radius 2 is 1.18 bits per heavy atom. The van der Waals surface area contributed by atoms with Gasteiger partial charge in [0.2, 0.25) is 0 Å². The second-order valence-corrected chi connectivity index (χ2v) is 7.24. The maximum absolute atomic E-state index is 12.7. The summed E-state index contributed by atoms with van der Waals surface area (Å²) in [6.07, 6.45) is -0.692. The van der Waals surface area contributed by atoms with E-state index in [-0.39, 0.29) is 12.2 Å². The third-order valence-corrected chi connectivity index (χ3v) is 5.52. The summed E-state index contributed by atoms with van der Waals surface area (Å²) in [5.74, 6) is 0. The number of benzene rings is 3. The first-order valence-electron chi connectivity index (χ1n) is 9.43. The normalized spacial score (nSPS) is 12.9. The number of rotatable bonds is 4. The lowest BCUT2D eigenvalue weighted by Crippen LogP contribution is -2.29. The monoisotopic (exact) mass is 371 g/mol. The van der Waals surface area contributed by atoms with E-state index in [2.05, 4.69) is 28.8 Å². The molecule has 1 atom stereocenters. The SMILES string of the molecule is Cn1c(=O)n(C[C@@H](O)Cn2c3ccccc3c3ccccc32)c2ccccc21. The van der Waals surface area contributed by atoms with E-state index < -0.39 is 6.10 Å². The Hall–Kier alpha value is -3.31. The zero-order valence-electron chi connectivity index (χ0n) is 15.6. The Morgan fingerprint density at radius 3 is 1.79 bits per heavy atom. The van der Waals surface area contributed by atoms with Crippen molar-refractivity contribution < 1.29 is 5.11 Å². The summed E-state index contributed by atoms with van der Waals surface area (Å²) in [7, 11) is 1.76. The van der Waals surface area contributed by atoms with E-state index in [4.69, 9.17) is 0 Å². The zero-order valence-corrected chi connectivity index (χ0v) is 15.6. The largest absolute Gasteiger partial charge is 0.389 e. The molecule has 0 amide bonds. The van der Waals surface area contributed by atoms with Crippen LogP contribution in [0.1, 0.15) is 0 Å². The second kappa shape index (κ2) is 6.39. The van der Waals surface area contributed by atoms with E-state index in [0.717, 1.165) is 22.1 Å². The number of nitrogens with zero attached hydrogens (tertiary/aromatic N) is 3. The van der Waals surface area contributed by atoms with Crippen LogP contribution in [-0.4, -0.2) is 24.9 Å². The van der Waals surface area contributed by atoms with Crippen LogP contribution in [0.15, 0.2) is 77.6 Å². The molecule has 3 aromatic carbocycles. The maximum Gasteiger partial charge on any atom is 0.328 e. The van der Waals surface area contributed by atoms with Gasteiger partial charge in [0.1, 0.15) is 0 Å². The summed E-state index contributed by atoms with van der Waals surface area (Å²) in [5, 5.41) is 13.2. The van der Waals surface area contributed by atoms with E-state index in [0.29, 0.717) is 6.54 Å². The molecule has 0 aliphatic rings. The molecule has 140 valence electrons. The van der Waals surface area contributed by atoms with E-state index in [1.54, 1.807) is 16.2 Å². The predicted molar refractivity (Wildman–Crippen MR) is 113 cm³/mol. The highest BCUT2D eigenvalue weighted by Crippen LogP contribution is 2.29. The van der Waals surface area contributed by atoms with Crippen LogP contribution in [-0.2, 0) is 20.1 Å². The highest BCUT2D eigenvalue weighted by molar-refractivity contribution is 6.07. The molecule has 5 rings (SSSR count). The molecular formula is C23H21N3O2. The summed E-state index contributed by atoms with van der Waals surface area (Å²) in [5.41, 5.74) is 3.79. The number of para-hydroxylation sites is 4. The van der Waals surface area contributed by atoms with Crippen LogP contribution in [0.3, 0.4) is 0 Å². The molecule has 0 spiro atoms. The Morgan fingerprint density at radius 1 is 0.714 bits per heavy atom. The number of aryl methyl sites for hydroxylation is 1. The second-order valence-electron chi connectivity index (χ2n) is 7.24. The van der Waals surface area contributed by atoms with Gasteiger partial charge in [-0.3, -0.25) is 9.13 Å². The highest BCUT2D eigenvalue weighted by Gasteiger charge is 2.17. The molecule has 5 aromatic rings. The number of aromatic nitrogens is 3. The zero-order chi connectivity index (χ0) is 19.3. The van der Waals surface area contributed by atoms with Crippen molar-refractivity contribution in [3.63, 3.8) is 0 Å². The van der Waals surface area contributed by atoms with Crippen LogP contribution in [0, 0.1) is 0 Å². The van der Waals surface area contributed by atoms with Gasteiger partial charge < -0.3 is 9.67 Å². The summed E-state index contributed by atoms with van der Waals surface area (Å²) in [6, 6.07) is 24.1. The Labute approximate surface area is 161 Å². The minimum absolute atomic E-state index is 0.109. The lowest BCUT2D eigenvalue weighted by atomic mass is 10.2. The fourth-order valence-electron chi connectivity index (χ4n) is 4.22. The van der Waals surface area contributed by atoms with Gasteiger partial charge in [0.25, 0.3) is 0 Å². The topological polar surface area (TPSA) is 52.1 Å². The summed E-state index contributed by atoms with van der Waals surface area (Å²) in [6.45, 7) is 0.671. The summed E-state index contributed by atoms with van der Waals surface area (Å²) < 4.78 is 5.43. The van der Waals surface area contributed by atoms with Gasteiger partial charge in [0, 0.05) is 28.9 Å². The molecule has 0 unspecified atom stereocenters. The number of hydrogen-bond donors (Lipinski definition) is 1. The molecule has 0 aliphatic carbocycles. The molecule has 1 N–H and O–H groups in total. The quantitative estimate of drug-likeness (QED) is 0.526. The van der Waals surface area contributed by atoms with Crippen LogP contribution in [0.4, 0.5) is 0 Å². The third kappa shape index (κ3) is 2.47. The number of fused-ring (bicyclic) bond motifs is 4. The van der Waals surface area contributed by atoms with Crippen LogP contribution >= 0.6 is 0 Å². The fourth-order valence-corrected chi connectivity index (χ4v) is 4.22. The molecule has 28 heavy (non-hydrogen) atoms. The Kier molecular flexibility index (Phi) is 3.84. The first-order valence-corrected chi connectivity index (χ1v) is 9.43. The van der Waals surface area contributed by atoms with Gasteiger partial charge >= 0.3 is 5.69 Å². The van der Waals surface area contributed by atoms with E-state index in [9.17, 15) is 9.90 Å². The number of aliphatic hydroxyl groups excluding tert-OH is 1. The first-order chi connectivity index (χ1) is 13.6. The summed E-state index contributed by atoms with van der Waals surface area (Å²) >= 11 is 0. The van der Waals surface area contributed by atoms with E-state index in [1.165, 1.54) is 10.8 Å². The van der Waals surface area contributed by atoms with Gasteiger partial charge in [0.05, 0.1) is 30.2 Å². The number of imidazole rings is 1. The standard InChI is InChI=1S/C23H21N3O2/c1-24-21-12-6-7-13-22(21)26(23(24)28)15-16(27)14-25-19-10-4-2-8-17(19)18-9-3-5-11-20(18)25/h2-13,16,27H,14-15H2,1H3/t16-/m0/s1. The van der Waals surface area contributed by atoms with Gasteiger partial charge in [-0.05, 0) is 24.3 Å². The highest BCUT2D eigenvalue weighted by atomic mass is 16.3. The average molecular weight is 371 g/mol. The van der Waals surface area contributed by atoms with Gasteiger partial charge in [-0.15, -0.1) is 0 Å². The third-order valence-electron chi connectivity index (χ3n) is 5.52. The van der Waals surface area contributed by atoms with Crippen molar-refractivity contribution in [1.82, 2.24) is 13.7 Å². The lowest BCUT2D eigenvalue weighted by Gasteiger charge is -2.15. The summed E-state index contributed by atoms with van der Waals surface area (Å²) in [4.78, 5) is 12.7. The van der Waals surface area contributed by atoms with Gasteiger partial charge in [-0.2, -0.15) is 0 Å². The molecule has 2 aromatic heterocycles. The maximum atomic E-state index is 12.7. The lowest BCUT2D eigenvalue weighted by molar-refractivity contribution is 0.137. The van der Waals surface area contributed by atoms with Gasteiger partial charge in [-0.25, -0.2) is 4.79 Å². The molecule has 0 fully saturated rings. The van der Waals surface area contributed by atoms with Crippen molar-refractivity contribution in [3.05, 3.63) is 83.3 Å². The van der Waals surface area contributed by atoms with Gasteiger partial charge in [-0.1, -0.05) is 48.5 Å². The van der Waals surface area contributed by atoms with Crippen molar-refractivity contribution in [2.24, 2.45) is 7.05 Å². The molecule has 2 heterocycles. The van der Waals surface area contributed by atoms with Crippen LogP contribution < -0.4 is 5.69 Å². The molecule has 0 radical (unpaired) electrons. The molecule has 5 heteroatoms. The predicted octanol–water partition coefficient (Wildman–Crippen LogP) is 3.51. The van der Waals surface area contributed by atoms with Crippen LogP contribution in [0.2, 0.25) is 0 Å². The molecule has 0 saturated carbocycles. The molecule has 0 aliphatic heterocycles. The molecule has 5 nitrogen and oxygen atoms in total. The molecular weight excluding hydrogens is 350 g/mol. The Bertz CT molecular complexity index is 1320. The smallest absolute Gasteiger partial charge is 0.328 e. The average Bonchev–Trinajstić information content (AvgIpc) is 3.17. The van der Waals surface area contributed by atoms with Crippen LogP contribution in [0.5, 0.6) is 0 Å². The fraction of sp³-hybridized carbons (Fsp3) is 0.174. The minimum atomic E-state index is -0.692. The van der Waals surface area contributed by atoms with Crippen molar-refractivity contribution >= 4 is 32.8 Å². The number of hydrogen-bond acceptors (Lipinski definition) is 2. The van der Waals surface area contributed by atoms with Crippen molar-refractivity contribution in [2.45, 2.75) is 19.2 Å². The first kappa shape index (κ1) is 16.8. The molecule has 0 bridgehead atoms. The Balaban J connectivity index is 1.56. The number of aliphatic hydroxyl groups is 1. The van der Waals surface area contributed by atoms with E-state index >= 15 is 0 Å².